The lowest BCUT2D eigenvalue weighted by molar-refractivity contribution is -0.169. The van der Waals surface area contributed by atoms with Gasteiger partial charge in [-0.3, -0.25) is 4.79 Å². The van der Waals surface area contributed by atoms with Crippen LogP contribution in [0.4, 0.5) is 4.79 Å². The summed E-state index contributed by atoms with van der Waals surface area (Å²) in [5.41, 5.74) is -0.686. The minimum atomic E-state index is -1.11. The van der Waals surface area contributed by atoms with Crippen LogP contribution in [0.25, 0.3) is 0 Å². The van der Waals surface area contributed by atoms with Crippen LogP contribution >= 0.6 is 0 Å². The number of likely N-dealkylation sites (N-methyl/N-ethyl adjacent to an activating group) is 1. The lowest BCUT2D eigenvalue weighted by Gasteiger charge is -2.61. The minimum absolute atomic E-state index is 0.109. The van der Waals surface area contributed by atoms with Crippen molar-refractivity contribution >= 4 is 12.1 Å². The van der Waals surface area contributed by atoms with Gasteiger partial charge in [0.15, 0.2) is 17.6 Å². The molecule has 4 unspecified atom stereocenters. The first-order valence-corrected chi connectivity index (χ1v) is 19.1. The van der Waals surface area contributed by atoms with Gasteiger partial charge in [0.1, 0.15) is 11.4 Å². The number of nitrogens with zero attached hydrogens (tertiary/aromatic N) is 1. The fourth-order valence-corrected chi connectivity index (χ4v) is 8.69. The summed E-state index contributed by atoms with van der Waals surface area (Å²) in [6.45, 7) is 8.39. The second-order valence-electron chi connectivity index (χ2n) is 15.8. The topological polar surface area (TPSA) is 94.5 Å². The molecule has 1 N–H and O–H groups in total. The number of likely N-dealkylation sites (tertiary alicyclic amines) is 1. The molecule has 2 aliphatic carbocycles. The SMILES string of the molecule is CCCCCCCCCCCCCCCCCC(=O)OC1=CCC2(O)C3Cc4ccc(OC(=O)OC(C)(C)C)c5c4C2(CCN3C)C1O5. The molecule has 1 saturated heterocycles. The molecule has 268 valence electrons. The molecule has 0 amide bonds. The number of rotatable bonds is 18. The number of carbonyl (C=O) groups is 2. The highest BCUT2D eigenvalue weighted by atomic mass is 16.7. The summed E-state index contributed by atoms with van der Waals surface area (Å²) in [5.74, 6) is 0.898. The molecule has 1 fully saturated rings. The van der Waals surface area contributed by atoms with E-state index in [4.69, 9.17) is 18.9 Å². The Morgan fingerprint density at radius 1 is 0.917 bits per heavy atom. The van der Waals surface area contributed by atoms with Crippen molar-refractivity contribution in [2.24, 2.45) is 0 Å². The third kappa shape index (κ3) is 7.90. The number of unbranched alkanes of at least 4 members (excludes halogenated alkanes) is 14. The molecule has 1 spiro atoms. The van der Waals surface area contributed by atoms with E-state index in [1.165, 1.54) is 77.0 Å². The van der Waals surface area contributed by atoms with Gasteiger partial charge < -0.3 is 29.0 Å². The molecule has 2 aliphatic heterocycles. The second kappa shape index (κ2) is 16.0. The molecule has 4 atom stereocenters. The molecular formula is C40H61NO7. The van der Waals surface area contributed by atoms with E-state index < -0.39 is 28.9 Å². The molecule has 1 aromatic rings. The van der Waals surface area contributed by atoms with Crippen LogP contribution in [0.3, 0.4) is 0 Å². The fraction of sp³-hybridized carbons (Fsp3) is 0.750. The van der Waals surface area contributed by atoms with Crippen molar-refractivity contribution in [3.05, 3.63) is 35.1 Å². The Morgan fingerprint density at radius 3 is 2.12 bits per heavy atom. The number of ether oxygens (including phenoxy) is 4. The fourth-order valence-electron chi connectivity index (χ4n) is 8.69. The molecule has 8 heteroatoms. The highest BCUT2D eigenvalue weighted by Gasteiger charge is 2.72. The monoisotopic (exact) mass is 667 g/mol. The summed E-state index contributed by atoms with van der Waals surface area (Å²) < 4.78 is 23.8. The van der Waals surface area contributed by atoms with Crippen molar-refractivity contribution in [2.75, 3.05) is 13.6 Å². The van der Waals surface area contributed by atoms with Crippen molar-refractivity contribution in [2.45, 2.75) is 178 Å². The molecule has 2 heterocycles. The minimum Gasteiger partial charge on any atom is -0.477 e. The summed E-state index contributed by atoms with van der Waals surface area (Å²) in [6.07, 6.45) is 21.5. The van der Waals surface area contributed by atoms with Crippen LogP contribution in [0, 0.1) is 0 Å². The molecule has 0 radical (unpaired) electrons. The van der Waals surface area contributed by atoms with Crippen molar-refractivity contribution in [3.8, 4) is 11.5 Å². The first kappa shape index (κ1) is 36.7. The van der Waals surface area contributed by atoms with Crippen molar-refractivity contribution in [1.82, 2.24) is 4.90 Å². The maximum absolute atomic E-state index is 13.1. The van der Waals surface area contributed by atoms with Gasteiger partial charge in [-0.15, -0.1) is 0 Å². The standard InChI is InChI=1S/C40H61NO7/c1-6-7-8-9-10-11-12-13-14-15-16-17-18-19-20-21-33(42)45-31-24-25-40(44)32-28-29-22-23-30(46-37(43)48-38(2,3)4)35-34(29)39(40,36(31)47-35)26-27-41(32)5/h22-24,32,36,44H,6-21,25-28H2,1-5H3. The quantitative estimate of drug-likeness (QED) is 0.0942. The van der Waals surface area contributed by atoms with Crippen molar-refractivity contribution in [1.29, 1.82) is 0 Å². The molecule has 1 aromatic carbocycles. The van der Waals surface area contributed by atoms with Crippen LogP contribution in [0.1, 0.15) is 154 Å². The first-order chi connectivity index (χ1) is 23.0. The summed E-state index contributed by atoms with van der Waals surface area (Å²) in [6, 6.07) is 3.61. The second-order valence-corrected chi connectivity index (χ2v) is 15.8. The van der Waals surface area contributed by atoms with Crippen LogP contribution in [-0.4, -0.2) is 59.1 Å². The lowest BCUT2D eigenvalue weighted by Crippen LogP contribution is -2.74. The van der Waals surface area contributed by atoms with E-state index >= 15 is 0 Å². The van der Waals surface area contributed by atoms with E-state index in [0.29, 0.717) is 37.2 Å². The molecule has 4 aliphatic rings. The predicted octanol–water partition coefficient (Wildman–Crippen LogP) is 9.08. The Morgan fingerprint density at radius 2 is 1.52 bits per heavy atom. The molecular weight excluding hydrogens is 606 g/mol. The van der Waals surface area contributed by atoms with Crippen LogP contribution in [-0.2, 0) is 26.1 Å². The van der Waals surface area contributed by atoms with Gasteiger partial charge >= 0.3 is 12.1 Å². The van der Waals surface area contributed by atoms with Gasteiger partial charge in [0.05, 0.1) is 11.0 Å². The number of esters is 1. The molecule has 0 saturated carbocycles. The normalized spacial score (nSPS) is 25.6. The van der Waals surface area contributed by atoms with E-state index in [-0.39, 0.29) is 17.8 Å². The maximum atomic E-state index is 13.1. The number of hydrogen-bond donors (Lipinski definition) is 1. The average Bonchev–Trinajstić information content (AvgIpc) is 3.38. The van der Waals surface area contributed by atoms with Gasteiger partial charge in [-0.1, -0.05) is 103 Å². The molecule has 8 nitrogen and oxygen atoms in total. The smallest absolute Gasteiger partial charge is 0.477 e. The highest BCUT2D eigenvalue weighted by Crippen LogP contribution is 2.65. The van der Waals surface area contributed by atoms with E-state index in [1.54, 1.807) is 26.8 Å². The van der Waals surface area contributed by atoms with Gasteiger partial charge in [0, 0.05) is 24.4 Å². The summed E-state index contributed by atoms with van der Waals surface area (Å²) >= 11 is 0. The molecule has 48 heavy (non-hydrogen) atoms. The van der Waals surface area contributed by atoms with Gasteiger partial charge in [0.2, 0.25) is 0 Å². The summed E-state index contributed by atoms with van der Waals surface area (Å²) in [5, 5.41) is 12.5. The Kier molecular flexibility index (Phi) is 12.2. The third-order valence-electron chi connectivity index (χ3n) is 11.1. The maximum Gasteiger partial charge on any atom is 0.514 e. The largest absolute Gasteiger partial charge is 0.514 e. The van der Waals surface area contributed by atoms with E-state index in [1.807, 2.05) is 12.1 Å². The number of aliphatic hydroxyl groups is 1. The molecule has 5 rings (SSSR count). The van der Waals surface area contributed by atoms with E-state index in [0.717, 1.165) is 36.9 Å². The first-order valence-electron chi connectivity index (χ1n) is 19.1. The van der Waals surface area contributed by atoms with Crippen molar-refractivity contribution < 1.29 is 33.6 Å². The van der Waals surface area contributed by atoms with E-state index in [9.17, 15) is 14.7 Å². The average molecular weight is 668 g/mol. The Bertz CT molecular complexity index is 1300. The third-order valence-corrected chi connectivity index (χ3v) is 11.1. The highest BCUT2D eigenvalue weighted by molar-refractivity contribution is 5.73. The van der Waals surface area contributed by atoms with Gasteiger partial charge in [-0.2, -0.15) is 0 Å². The molecule has 0 aromatic heterocycles. The summed E-state index contributed by atoms with van der Waals surface area (Å²) in [7, 11) is 2.06. The van der Waals surface area contributed by atoms with Crippen LogP contribution in [0.15, 0.2) is 24.0 Å². The van der Waals surface area contributed by atoms with Crippen LogP contribution < -0.4 is 9.47 Å². The van der Waals surface area contributed by atoms with Gasteiger partial charge in [-0.05, 0) is 71.3 Å². The Hall–Kier alpha value is -2.58. The predicted molar refractivity (Wildman–Crippen MR) is 187 cm³/mol. The molecule has 2 bridgehead atoms. The zero-order valence-corrected chi connectivity index (χ0v) is 30.4. The van der Waals surface area contributed by atoms with Crippen LogP contribution in [0.2, 0.25) is 0 Å². The number of benzene rings is 1. The van der Waals surface area contributed by atoms with E-state index in [2.05, 4.69) is 18.9 Å². The Balaban J connectivity index is 1.13. The number of hydrogen-bond acceptors (Lipinski definition) is 8. The number of piperidine rings is 1. The van der Waals surface area contributed by atoms with Gasteiger partial charge in [0.25, 0.3) is 0 Å². The van der Waals surface area contributed by atoms with Gasteiger partial charge in [-0.25, -0.2) is 4.79 Å². The zero-order valence-electron chi connectivity index (χ0n) is 30.4. The van der Waals surface area contributed by atoms with Crippen LogP contribution in [0.5, 0.6) is 11.5 Å². The lowest BCUT2D eigenvalue weighted by atomic mass is 9.50. The summed E-state index contributed by atoms with van der Waals surface area (Å²) in [4.78, 5) is 28.1. The zero-order chi connectivity index (χ0) is 34.4. The van der Waals surface area contributed by atoms with Crippen molar-refractivity contribution in [3.63, 3.8) is 0 Å². The Labute approximate surface area is 288 Å². The number of carbonyl (C=O) groups excluding carboxylic acids is 2.